The molecule has 0 bridgehead atoms. The summed E-state index contributed by atoms with van der Waals surface area (Å²) in [5, 5.41) is 0.713. The molecule has 0 amide bonds. The summed E-state index contributed by atoms with van der Waals surface area (Å²) in [6.07, 6.45) is 0. The summed E-state index contributed by atoms with van der Waals surface area (Å²) in [6, 6.07) is 6.59. The number of thioether (sulfide) groups is 1. The number of alkyl halides is 3. The lowest BCUT2D eigenvalue weighted by molar-refractivity contribution is -0.147. The molecule has 0 unspecified atom stereocenters. The maximum absolute atomic E-state index is 11.8. The van der Waals surface area contributed by atoms with Crippen LogP contribution < -0.4 is 4.74 Å². The van der Waals surface area contributed by atoms with Gasteiger partial charge in [0.2, 0.25) is 3.79 Å². The lowest BCUT2D eigenvalue weighted by atomic mass is 10.3. The van der Waals surface area contributed by atoms with Gasteiger partial charge in [0, 0.05) is 10.3 Å². The molecular weight excluding hydrogens is 378 g/mol. The second-order valence-corrected chi connectivity index (χ2v) is 8.74. The molecule has 118 valence electrons. The predicted molar refractivity (Wildman–Crippen MR) is 89.8 cm³/mol. The van der Waals surface area contributed by atoms with Crippen LogP contribution >= 0.6 is 58.2 Å². The van der Waals surface area contributed by atoms with Gasteiger partial charge in [-0.05, 0) is 24.3 Å². The van der Waals surface area contributed by atoms with E-state index < -0.39 is 15.2 Å². The molecular formula is C13H14Cl4O3S. The quantitative estimate of drug-likeness (QED) is 0.384. The van der Waals surface area contributed by atoms with E-state index in [2.05, 4.69) is 0 Å². The van der Waals surface area contributed by atoms with Crippen molar-refractivity contribution in [2.75, 3.05) is 6.61 Å². The van der Waals surface area contributed by atoms with E-state index in [1.165, 1.54) is 11.8 Å². The average molecular weight is 392 g/mol. The van der Waals surface area contributed by atoms with E-state index in [1.807, 2.05) is 13.8 Å². The van der Waals surface area contributed by atoms with Crippen molar-refractivity contribution < 1.29 is 14.3 Å². The molecule has 0 spiro atoms. The summed E-state index contributed by atoms with van der Waals surface area (Å²) in [7, 11) is 0. The highest BCUT2D eigenvalue weighted by Gasteiger charge is 2.37. The van der Waals surface area contributed by atoms with Crippen LogP contribution in [0.4, 0.5) is 0 Å². The normalized spacial score (nSPS) is 13.1. The number of hydrogen-bond donors (Lipinski definition) is 0. The maximum Gasteiger partial charge on any atom is 0.345 e. The second kappa shape index (κ2) is 8.59. The minimum atomic E-state index is -1.70. The highest BCUT2D eigenvalue weighted by atomic mass is 35.6. The van der Waals surface area contributed by atoms with Crippen molar-refractivity contribution in [2.24, 2.45) is 0 Å². The Bertz CT molecular complexity index is 459. The molecule has 3 nitrogen and oxygen atoms in total. The molecule has 0 aliphatic carbocycles. The molecule has 0 aliphatic heterocycles. The summed E-state index contributed by atoms with van der Waals surface area (Å²) in [6.45, 7) is 3.54. The van der Waals surface area contributed by atoms with Gasteiger partial charge < -0.3 is 9.47 Å². The van der Waals surface area contributed by atoms with Gasteiger partial charge in [-0.3, -0.25) is 0 Å². The summed E-state index contributed by atoms with van der Waals surface area (Å²) in [5.74, 6) is -0.118. The molecule has 1 atom stereocenters. The standard InChI is InChI=1S/C13H14Cl4O3S/c1-8(2)21-12(13(15,16)17)20-11(18)7-19-10-5-3-9(14)4-6-10/h3-6,8,12H,7H2,1-2H3/t12-/m0/s1. The van der Waals surface area contributed by atoms with E-state index in [-0.39, 0.29) is 11.9 Å². The van der Waals surface area contributed by atoms with Gasteiger partial charge in [-0.25, -0.2) is 4.79 Å². The highest BCUT2D eigenvalue weighted by molar-refractivity contribution is 8.00. The van der Waals surface area contributed by atoms with E-state index >= 15 is 0 Å². The Kier molecular flexibility index (Phi) is 7.79. The van der Waals surface area contributed by atoms with Gasteiger partial charge in [0.25, 0.3) is 0 Å². The number of benzene rings is 1. The smallest absolute Gasteiger partial charge is 0.345 e. The van der Waals surface area contributed by atoms with Crippen LogP contribution in [0, 0.1) is 0 Å². The van der Waals surface area contributed by atoms with Gasteiger partial charge in [-0.15, -0.1) is 11.8 Å². The first-order chi connectivity index (χ1) is 9.68. The Morgan fingerprint density at radius 3 is 2.29 bits per heavy atom. The molecule has 1 aromatic rings. The summed E-state index contributed by atoms with van der Waals surface area (Å²) >= 11 is 24.4. The third kappa shape index (κ3) is 7.71. The molecule has 0 saturated carbocycles. The van der Waals surface area contributed by atoms with Gasteiger partial charge in [0.1, 0.15) is 5.75 Å². The number of rotatable bonds is 6. The van der Waals surface area contributed by atoms with Crippen molar-refractivity contribution in [3.8, 4) is 5.75 Å². The zero-order chi connectivity index (χ0) is 16.0. The van der Waals surface area contributed by atoms with Gasteiger partial charge in [-0.1, -0.05) is 60.3 Å². The predicted octanol–water partition coefficient (Wildman–Crippen LogP) is 5.10. The van der Waals surface area contributed by atoms with Gasteiger partial charge in [0.15, 0.2) is 12.0 Å². The molecule has 0 radical (unpaired) electrons. The first-order valence-corrected chi connectivity index (χ1v) is 8.44. The topological polar surface area (TPSA) is 35.5 Å². The van der Waals surface area contributed by atoms with Crippen molar-refractivity contribution >= 4 is 64.1 Å². The summed E-state index contributed by atoms with van der Waals surface area (Å²) < 4.78 is 8.71. The summed E-state index contributed by atoms with van der Waals surface area (Å²) in [4.78, 5) is 11.8. The van der Waals surface area contributed by atoms with Crippen LogP contribution in [0.1, 0.15) is 13.8 Å². The molecule has 8 heteroatoms. The third-order valence-electron chi connectivity index (χ3n) is 2.07. The van der Waals surface area contributed by atoms with E-state index in [1.54, 1.807) is 24.3 Å². The highest BCUT2D eigenvalue weighted by Crippen LogP contribution is 2.39. The Labute approximate surface area is 148 Å². The Balaban J connectivity index is 2.52. The molecule has 1 aromatic carbocycles. The Hall–Kier alpha value is -0.000000000000000111. The van der Waals surface area contributed by atoms with Gasteiger partial charge in [-0.2, -0.15) is 0 Å². The lowest BCUT2D eigenvalue weighted by Gasteiger charge is -2.25. The molecule has 0 aromatic heterocycles. The second-order valence-electron chi connectivity index (χ2n) is 4.29. The van der Waals surface area contributed by atoms with Gasteiger partial charge in [0.05, 0.1) is 0 Å². The van der Waals surface area contributed by atoms with Gasteiger partial charge >= 0.3 is 5.97 Å². The fourth-order valence-corrected chi connectivity index (χ4v) is 2.78. The first kappa shape index (κ1) is 19.0. The molecule has 21 heavy (non-hydrogen) atoms. The molecule has 1 rings (SSSR count). The number of hydrogen-bond acceptors (Lipinski definition) is 4. The molecule has 0 heterocycles. The fourth-order valence-electron chi connectivity index (χ4n) is 1.25. The van der Waals surface area contributed by atoms with Crippen molar-refractivity contribution in [1.29, 1.82) is 0 Å². The van der Waals surface area contributed by atoms with Crippen molar-refractivity contribution in [3.05, 3.63) is 29.3 Å². The zero-order valence-corrected chi connectivity index (χ0v) is 15.2. The summed E-state index contributed by atoms with van der Waals surface area (Å²) in [5.41, 5.74) is -0.899. The molecule has 0 aliphatic rings. The SMILES string of the molecule is CC(C)S[C@H](OC(=O)COc1ccc(Cl)cc1)C(Cl)(Cl)Cl. The van der Waals surface area contributed by atoms with Crippen molar-refractivity contribution in [3.63, 3.8) is 0 Å². The van der Waals surface area contributed by atoms with Crippen LogP contribution in [0.25, 0.3) is 0 Å². The molecule has 0 saturated heterocycles. The van der Waals surface area contributed by atoms with Crippen LogP contribution in [0.5, 0.6) is 5.75 Å². The van der Waals surface area contributed by atoms with Crippen LogP contribution in [0.15, 0.2) is 24.3 Å². The number of esters is 1. The third-order valence-corrected chi connectivity index (χ3v) is 4.55. The van der Waals surface area contributed by atoms with E-state index in [0.29, 0.717) is 10.8 Å². The minimum absolute atomic E-state index is 0.135. The van der Waals surface area contributed by atoms with Crippen molar-refractivity contribution in [1.82, 2.24) is 0 Å². The Morgan fingerprint density at radius 1 is 1.24 bits per heavy atom. The molecule has 0 fully saturated rings. The number of halogens is 4. The largest absolute Gasteiger partial charge is 0.482 e. The first-order valence-electron chi connectivity index (χ1n) is 5.98. The van der Waals surface area contributed by atoms with E-state index in [0.717, 1.165) is 0 Å². The zero-order valence-electron chi connectivity index (χ0n) is 11.3. The number of carbonyl (C=O) groups is 1. The van der Waals surface area contributed by atoms with E-state index in [9.17, 15) is 4.79 Å². The fraction of sp³-hybridized carbons (Fsp3) is 0.462. The number of carbonyl (C=O) groups excluding carboxylic acids is 1. The van der Waals surface area contributed by atoms with Crippen LogP contribution in [-0.4, -0.2) is 27.1 Å². The lowest BCUT2D eigenvalue weighted by Crippen LogP contribution is -2.31. The maximum atomic E-state index is 11.8. The van der Waals surface area contributed by atoms with Crippen molar-refractivity contribution in [2.45, 2.75) is 28.3 Å². The number of ether oxygens (including phenoxy) is 2. The average Bonchev–Trinajstić information content (AvgIpc) is 2.36. The Morgan fingerprint density at radius 2 is 1.81 bits per heavy atom. The minimum Gasteiger partial charge on any atom is -0.482 e. The van der Waals surface area contributed by atoms with E-state index in [4.69, 9.17) is 55.9 Å². The van der Waals surface area contributed by atoms with Crippen LogP contribution in [0.2, 0.25) is 5.02 Å². The van der Waals surface area contributed by atoms with Crippen LogP contribution in [0.3, 0.4) is 0 Å². The van der Waals surface area contributed by atoms with Crippen LogP contribution in [-0.2, 0) is 9.53 Å². The molecule has 0 N–H and O–H groups in total. The monoisotopic (exact) mass is 390 g/mol.